The molecule has 0 radical (unpaired) electrons. The first-order chi connectivity index (χ1) is 14.9. The lowest BCUT2D eigenvalue weighted by Gasteiger charge is -2.26. The molecule has 4 rings (SSSR count). The maximum absolute atomic E-state index is 13.8. The van der Waals surface area contributed by atoms with Crippen molar-refractivity contribution in [1.82, 2.24) is 9.80 Å². The van der Waals surface area contributed by atoms with Gasteiger partial charge in [0.15, 0.2) is 5.43 Å². The number of hydrogen-bond donors (Lipinski definition) is 0. The summed E-state index contributed by atoms with van der Waals surface area (Å²) in [7, 11) is 3.94. The van der Waals surface area contributed by atoms with Gasteiger partial charge in [0.2, 0.25) is 5.76 Å². The van der Waals surface area contributed by atoms with Crippen LogP contribution >= 0.6 is 0 Å². The molecule has 162 valence electrons. The highest BCUT2D eigenvalue weighted by Gasteiger charge is 2.42. The second-order valence-electron chi connectivity index (χ2n) is 7.88. The first-order valence-electron chi connectivity index (χ1n) is 10.4. The molecule has 3 aromatic rings. The number of benzene rings is 2. The topological polar surface area (TPSA) is 63.0 Å². The zero-order valence-electron chi connectivity index (χ0n) is 17.9. The highest BCUT2D eigenvalue weighted by molar-refractivity contribution is 5.99. The van der Waals surface area contributed by atoms with Gasteiger partial charge in [-0.2, -0.15) is 0 Å². The molecule has 2 heterocycles. The molecular formula is C24H25FN2O4. The van der Waals surface area contributed by atoms with E-state index in [2.05, 4.69) is 0 Å². The van der Waals surface area contributed by atoms with Crippen LogP contribution in [0.3, 0.4) is 0 Å². The van der Waals surface area contributed by atoms with Crippen LogP contribution in [0.1, 0.15) is 41.1 Å². The molecule has 6 nitrogen and oxygen atoms in total. The summed E-state index contributed by atoms with van der Waals surface area (Å²) in [6, 6.07) is 10.5. The maximum atomic E-state index is 13.8. The van der Waals surface area contributed by atoms with Crippen LogP contribution in [0.5, 0.6) is 5.75 Å². The van der Waals surface area contributed by atoms with Crippen molar-refractivity contribution in [2.24, 2.45) is 0 Å². The highest BCUT2D eigenvalue weighted by atomic mass is 19.1. The van der Waals surface area contributed by atoms with Crippen molar-refractivity contribution < 1.29 is 18.3 Å². The smallest absolute Gasteiger partial charge is 0.290 e. The van der Waals surface area contributed by atoms with Crippen LogP contribution in [0.4, 0.5) is 4.39 Å². The summed E-state index contributed by atoms with van der Waals surface area (Å²) in [6.07, 6.45) is 0.733. The fraction of sp³-hybridized carbons (Fsp3) is 0.333. The van der Waals surface area contributed by atoms with Gasteiger partial charge in [-0.05, 0) is 69.9 Å². The lowest BCUT2D eigenvalue weighted by Crippen LogP contribution is -2.32. The molecule has 0 N–H and O–H groups in total. The van der Waals surface area contributed by atoms with E-state index >= 15 is 0 Å². The molecular weight excluding hydrogens is 399 g/mol. The van der Waals surface area contributed by atoms with Crippen LogP contribution < -0.4 is 10.2 Å². The molecule has 0 saturated heterocycles. The van der Waals surface area contributed by atoms with Gasteiger partial charge in [-0.3, -0.25) is 9.59 Å². The SMILES string of the molecule is CCOc1cccc([C@H]2c3c(oc4ccc(F)cc4c3=O)C(=O)N2CCCN(C)C)c1. The summed E-state index contributed by atoms with van der Waals surface area (Å²) in [5.74, 6) is -0.170. The summed E-state index contributed by atoms with van der Waals surface area (Å²) in [6.45, 7) is 3.64. The minimum Gasteiger partial charge on any atom is -0.494 e. The lowest BCUT2D eigenvalue weighted by molar-refractivity contribution is 0.0722. The number of fused-ring (bicyclic) bond motifs is 2. The Balaban J connectivity index is 1.87. The average Bonchev–Trinajstić information content (AvgIpc) is 3.01. The van der Waals surface area contributed by atoms with Crippen LogP contribution in [-0.2, 0) is 0 Å². The quantitative estimate of drug-likeness (QED) is 0.577. The van der Waals surface area contributed by atoms with Crippen molar-refractivity contribution >= 4 is 16.9 Å². The number of carbonyl (C=O) groups excluding carboxylic acids is 1. The van der Waals surface area contributed by atoms with E-state index in [9.17, 15) is 14.0 Å². The summed E-state index contributed by atoms with van der Waals surface area (Å²) in [5, 5.41) is 0.132. The standard InChI is InChI=1S/C24H25FN2O4/c1-4-30-17-8-5-7-15(13-17)21-20-22(28)18-14-16(25)9-10-19(18)31-23(20)24(29)27(21)12-6-11-26(2)3/h5,7-10,13-14,21H,4,6,11-12H2,1-3H3/t21-/m0/s1. The van der Waals surface area contributed by atoms with E-state index in [4.69, 9.17) is 9.15 Å². The summed E-state index contributed by atoms with van der Waals surface area (Å²) < 4.78 is 25.3. The second-order valence-corrected chi connectivity index (χ2v) is 7.88. The largest absolute Gasteiger partial charge is 0.494 e. The van der Waals surface area contributed by atoms with E-state index in [0.717, 1.165) is 24.6 Å². The minimum absolute atomic E-state index is 0.0285. The van der Waals surface area contributed by atoms with Crippen molar-refractivity contribution in [3.8, 4) is 5.75 Å². The number of carbonyl (C=O) groups is 1. The van der Waals surface area contributed by atoms with Gasteiger partial charge in [-0.1, -0.05) is 12.1 Å². The van der Waals surface area contributed by atoms with Crippen LogP contribution in [0, 0.1) is 5.82 Å². The molecule has 1 atom stereocenters. The Morgan fingerprint density at radius 2 is 1.97 bits per heavy atom. The Bertz CT molecular complexity index is 1190. The third kappa shape index (κ3) is 3.93. The monoisotopic (exact) mass is 424 g/mol. The van der Waals surface area contributed by atoms with Crippen molar-refractivity contribution in [3.05, 3.63) is 75.4 Å². The number of halogens is 1. The molecule has 0 unspecified atom stereocenters. The number of amides is 1. The number of rotatable bonds is 7. The van der Waals surface area contributed by atoms with Crippen LogP contribution in [0.2, 0.25) is 0 Å². The van der Waals surface area contributed by atoms with E-state index < -0.39 is 11.9 Å². The maximum Gasteiger partial charge on any atom is 0.290 e. The van der Waals surface area contributed by atoms with E-state index in [1.54, 1.807) is 4.90 Å². The van der Waals surface area contributed by atoms with Crippen LogP contribution in [0.15, 0.2) is 51.7 Å². The zero-order chi connectivity index (χ0) is 22.1. The third-order valence-corrected chi connectivity index (χ3v) is 5.42. The zero-order valence-corrected chi connectivity index (χ0v) is 17.9. The summed E-state index contributed by atoms with van der Waals surface area (Å²) in [5.41, 5.74) is 0.828. The predicted octanol–water partition coefficient (Wildman–Crippen LogP) is 3.83. The fourth-order valence-electron chi connectivity index (χ4n) is 4.07. The Morgan fingerprint density at radius 1 is 1.16 bits per heavy atom. The summed E-state index contributed by atoms with van der Waals surface area (Å²) >= 11 is 0. The molecule has 1 aromatic heterocycles. The average molecular weight is 424 g/mol. The molecule has 0 bridgehead atoms. The molecule has 1 amide bonds. The molecule has 0 fully saturated rings. The van der Waals surface area contributed by atoms with Gasteiger partial charge in [0.1, 0.15) is 17.1 Å². The minimum atomic E-state index is -0.617. The molecule has 1 aliphatic rings. The van der Waals surface area contributed by atoms with Gasteiger partial charge in [-0.15, -0.1) is 0 Å². The molecule has 0 aliphatic carbocycles. The number of ether oxygens (including phenoxy) is 1. The molecule has 7 heteroatoms. The first-order valence-corrected chi connectivity index (χ1v) is 10.4. The number of nitrogens with zero attached hydrogens (tertiary/aromatic N) is 2. The van der Waals surface area contributed by atoms with Gasteiger partial charge >= 0.3 is 0 Å². The molecule has 2 aromatic carbocycles. The Morgan fingerprint density at radius 3 is 2.71 bits per heavy atom. The van der Waals surface area contributed by atoms with Gasteiger partial charge in [0, 0.05) is 6.54 Å². The van der Waals surface area contributed by atoms with Crippen LogP contribution in [0.25, 0.3) is 11.0 Å². The van der Waals surface area contributed by atoms with Gasteiger partial charge in [0.05, 0.1) is 23.6 Å². The molecule has 31 heavy (non-hydrogen) atoms. The van der Waals surface area contributed by atoms with E-state index in [1.807, 2.05) is 50.2 Å². The van der Waals surface area contributed by atoms with Crippen molar-refractivity contribution in [1.29, 1.82) is 0 Å². The molecule has 0 saturated carbocycles. The van der Waals surface area contributed by atoms with E-state index in [0.29, 0.717) is 18.9 Å². The first kappa shape index (κ1) is 21.1. The van der Waals surface area contributed by atoms with Gasteiger partial charge in [0.25, 0.3) is 5.91 Å². The Kier molecular flexibility index (Phi) is 5.78. The van der Waals surface area contributed by atoms with Crippen molar-refractivity contribution in [2.45, 2.75) is 19.4 Å². The Labute approximate surface area is 179 Å². The highest BCUT2D eigenvalue weighted by Crippen LogP contribution is 2.39. The number of hydrogen-bond acceptors (Lipinski definition) is 5. The van der Waals surface area contributed by atoms with Crippen LogP contribution in [-0.4, -0.2) is 49.5 Å². The molecule has 1 aliphatic heterocycles. The van der Waals surface area contributed by atoms with Crippen molar-refractivity contribution in [3.63, 3.8) is 0 Å². The Hall–Kier alpha value is -3.19. The van der Waals surface area contributed by atoms with E-state index in [1.165, 1.54) is 12.1 Å². The van der Waals surface area contributed by atoms with Crippen molar-refractivity contribution in [2.75, 3.05) is 33.8 Å². The van der Waals surface area contributed by atoms with Gasteiger partial charge in [-0.25, -0.2) is 4.39 Å². The summed E-state index contributed by atoms with van der Waals surface area (Å²) in [4.78, 5) is 30.4. The van der Waals surface area contributed by atoms with E-state index in [-0.39, 0.29) is 33.6 Å². The lowest BCUT2D eigenvalue weighted by atomic mass is 9.98. The second kappa shape index (κ2) is 8.51. The predicted molar refractivity (Wildman–Crippen MR) is 116 cm³/mol. The third-order valence-electron chi connectivity index (χ3n) is 5.42. The fourth-order valence-corrected chi connectivity index (χ4v) is 4.07. The van der Waals surface area contributed by atoms with Gasteiger partial charge < -0.3 is 19.0 Å². The molecule has 0 spiro atoms. The normalized spacial score (nSPS) is 15.7.